The zero-order valence-electron chi connectivity index (χ0n) is 16.4. The molecule has 0 bridgehead atoms. The zero-order valence-corrected chi connectivity index (χ0v) is 16.4. The molecule has 0 atom stereocenters. The Morgan fingerprint density at radius 2 is 2.14 bits per heavy atom. The van der Waals surface area contributed by atoms with Crippen LogP contribution in [0, 0.1) is 11.7 Å². The van der Waals surface area contributed by atoms with Gasteiger partial charge in [0.25, 0.3) is 5.88 Å². The van der Waals surface area contributed by atoms with Crippen molar-refractivity contribution >= 4 is 11.9 Å². The summed E-state index contributed by atoms with van der Waals surface area (Å²) in [6, 6.07) is 0. The number of halogens is 1. The molecule has 1 N–H and O–H groups in total. The summed E-state index contributed by atoms with van der Waals surface area (Å²) in [6.07, 6.45) is 7.97. The highest BCUT2D eigenvalue weighted by Gasteiger charge is 2.22. The number of nitrogens with one attached hydrogen (secondary N) is 1. The predicted octanol–water partition coefficient (Wildman–Crippen LogP) is 1.81. The van der Waals surface area contributed by atoms with E-state index in [1.54, 1.807) is 6.20 Å². The third kappa shape index (κ3) is 4.96. The number of methoxy groups -OCH3 is 1. The fourth-order valence-electron chi connectivity index (χ4n) is 3.40. The molecule has 0 unspecified atom stereocenters. The van der Waals surface area contributed by atoms with Gasteiger partial charge in [-0.3, -0.25) is 4.79 Å². The summed E-state index contributed by atoms with van der Waals surface area (Å²) in [4.78, 5) is 26.6. The number of carbonyl (C=O) groups is 1. The summed E-state index contributed by atoms with van der Waals surface area (Å²) < 4.78 is 20.4. The Labute approximate surface area is 164 Å². The fraction of sp³-hybridized carbons (Fsp3) is 0.579. The van der Waals surface area contributed by atoms with E-state index in [-0.39, 0.29) is 11.8 Å². The number of rotatable bonds is 8. The van der Waals surface area contributed by atoms with Crippen molar-refractivity contribution < 1.29 is 13.9 Å². The average Bonchev–Trinajstić information content (AvgIpc) is 3.19. The molecule has 1 fully saturated rings. The van der Waals surface area contributed by atoms with Crippen LogP contribution in [0.3, 0.4) is 0 Å². The van der Waals surface area contributed by atoms with Crippen LogP contribution in [0.2, 0.25) is 0 Å². The Bertz CT molecular complexity index is 788. The van der Waals surface area contributed by atoms with Gasteiger partial charge in [-0.05, 0) is 18.8 Å². The van der Waals surface area contributed by atoms with E-state index in [0.29, 0.717) is 31.4 Å². The number of ether oxygens (including phenoxy) is 1. The predicted molar refractivity (Wildman–Crippen MR) is 103 cm³/mol. The lowest BCUT2D eigenvalue weighted by molar-refractivity contribution is -0.121. The summed E-state index contributed by atoms with van der Waals surface area (Å²) in [7, 11) is 1.39. The van der Waals surface area contributed by atoms with Gasteiger partial charge in [-0.2, -0.15) is 9.37 Å². The van der Waals surface area contributed by atoms with Crippen LogP contribution in [0.5, 0.6) is 5.88 Å². The molecule has 1 aliphatic heterocycles. The average molecular weight is 390 g/mol. The van der Waals surface area contributed by atoms with Crippen molar-refractivity contribution in [1.29, 1.82) is 0 Å². The number of imidazole rings is 1. The minimum atomic E-state index is -0.564. The van der Waals surface area contributed by atoms with Gasteiger partial charge in [0.1, 0.15) is 5.82 Å². The van der Waals surface area contributed by atoms with Crippen molar-refractivity contribution in [3.63, 3.8) is 0 Å². The Hall–Kier alpha value is -2.71. The number of aryl methyl sites for hydroxylation is 2. The molecule has 2 aromatic rings. The van der Waals surface area contributed by atoms with Crippen LogP contribution in [0.25, 0.3) is 0 Å². The van der Waals surface area contributed by atoms with Gasteiger partial charge < -0.3 is 19.5 Å². The Morgan fingerprint density at radius 3 is 2.86 bits per heavy atom. The minimum absolute atomic E-state index is 0.0384. The van der Waals surface area contributed by atoms with Gasteiger partial charge in [0.05, 0.1) is 13.3 Å². The molecule has 8 nitrogen and oxygen atoms in total. The molecule has 2 aromatic heterocycles. The number of hydrogen-bond acceptors (Lipinski definition) is 6. The molecule has 0 spiro atoms. The Balaban J connectivity index is 1.40. The summed E-state index contributed by atoms with van der Waals surface area (Å²) in [5.41, 5.74) is 0. The lowest BCUT2D eigenvalue weighted by atomic mass is 9.97. The summed E-state index contributed by atoms with van der Waals surface area (Å²) in [6.45, 7) is 4.91. The van der Waals surface area contributed by atoms with Crippen molar-refractivity contribution in [3.05, 3.63) is 30.2 Å². The first kappa shape index (κ1) is 20.0. The van der Waals surface area contributed by atoms with Crippen LogP contribution in [-0.2, 0) is 17.8 Å². The molecule has 3 heterocycles. The third-order valence-electron chi connectivity index (χ3n) is 5.08. The standard InChI is InChI=1S/C19H27FN6O2/c1-3-16-21-7-11-25(16)10-6-17(27)22-12-14-4-8-26(9-5-14)19-23-13-15(20)18(24-19)28-2/h7,11,13-14H,3-6,8-10,12H2,1-2H3,(H,22,27). The van der Waals surface area contributed by atoms with Crippen LogP contribution in [0.15, 0.2) is 18.6 Å². The van der Waals surface area contributed by atoms with Gasteiger partial charge in [0.2, 0.25) is 17.7 Å². The smallest absolute Gasteiger partial charge is 0.255 e. The normalized spacial score (nSPS) is 14.9. The summed E-state index contributed by atoms with van der Waals surface area (Å²) >= 11 is 0. The van der Waals surface area contributed by atoms with Crippen molar-refractivity contribution in [2.75, 3.05) is 31.6 Å². The molecule has 9 heteroatoms. The molecule has 0 radical (unpaired) electrons. The highest BCUT2D eigenvalue weighted by molar-refractivity contribution is 5.75. The number of carbonyl (C=O) groups excluding carboxylic acids is 1. The van der Waals surface area contributed by atoms with Crippen LogP contribution in [-0.4, -0.2) is 52.2 Å². The Morgan fingerprint density at radius 1 is 1.36 bits per heavy atom. The maximum absolute atomic E-state index is 13.5. The van der Waals surface area contributed by atoms with Gasteiger partial charge >= 0.3 is 0 Å². The fourth-order valence-corrected chi connectivity index (χ4v) is 3.40. The topological polar surface area (TPSA) is 85.2 Å². The van der Waals surface area contributed by atoms with E-state index in [1.165, 1.54) is 7.11 Å². The van der Waals surface area contributed by atoms with E-state index in [4.69, 9.17) is 4.74 Å². The molecule has 0 aliphatic carbocycles. The van der Waals surface area contributed by atoms with Crippen LogP contribution in [0.1, 0.15) is 32.0 Å². The largest absolute Gasteiger partial charge is 0.479 e. The molecule has 1 aliphatic rings. The highest BCUT2D eigenvalue weighted by atomic mass is 19.1. The van der Waals surface area contributed by atoms with E-state index < -0.39 is 5.82 Å². The molecule has 0 aromatic carbocycles. The molecular weight excluding hydrogens is 363 g/mol. The maximum atomic E-state index is 13.5. The number of nitrogens with zero attached hydrogens (tertiary/aromatic N) is 5. The van der Waals surface area contributed by atoms with Gasteiger partial charge in [-0.15, -0.1) is 0 Å². The molecule has 1 saturated heterocycles. The number of piperidine rings is 1. The quantitative estimate of drug-likeness (QED) is 0.740. The number of anilines is 1. The van der Waals surface area contributed by atoms with E-state index in [1.807, 2.05) is 15.7 Å². The van der Waals surface area contributed by atoms with Crippen LogP contribution in [0.4, 0.5) is 10.3 Å². The van der Waals surface area contributed by atoms with E-state index in [0.717, 1.165) is 44.4 Å². The molecule has 152 valence electrons. The number of hydrogen-bond donors (Lipinski definition) is 1. The van der Waals surface area contributed by atoms with Gasteiger partial charge in [-0.1, -0.05) is 6.92 Å². The second-order valence-corrected chi connectivity index (χ2v) is 6.90. The lowest BCUT2D eigenvalue weighted by Crippen LogP contribution is -2.39. The molecular formula is C19H27FN6O2. The minimum Gasteiger partial charge on any atom is -0.479 e. The first-order valence-electron chi connectivity index (χ1n) is 9.68. The van der Waals surface area contributed by atoms with Crippen molar-refractivity contribution in [2.45, 2.75) is 39.2 Å². The van der Waals surface area contributed by atoms with E-state index >= 15 is 0 Å². The van der Waals surface area contributed by atoms with Crippen molar-refractivity contribution in [3.8, 4) is 5.88 Å². The molecule has 3 rings (SSSR count). The summed E-state index contributed by atoms with van der Waals surface area (Å²) in [5.74, 6) is 1.36. The van der Waals surface area contributed by atoms with Crippen LogP contribution < -0.4 is 15.0 Å². The van der Waals surface area contributed by atoms with E-state index in [2.05, 4.69) is 27.2 Å². The molecule has 0 saturated carbocycles. The maximum Gasteiger partial charge on any atom is 0.255 e. The van der Waals surface area contributed by atoms with Crippen LogP contribution >= 0.6 is 0 Å². The van der Waals surface area contributed by atoms with E-state index in [9.17, 15) is 9.18 Å². The lowest BCUT2D eigenvalue weighted by Gasteiger charge is -2.32. The first-order chi connectivity index (χ1) is 13.6. The SMILES string of the molecule is CCc1nccn1CCC(=O)NCC1CCN(c2ncc(F)c(OC)n2)CC1. The first-order valence-corrected chi connectivity index (χ1v) is 9.68. The highest BCUT2D eigenvalue weighted by Crippen LogP contribution is 2.22. The van der Waals surface area contributed by atoms with Crippen molar-refractivity contribution in [2.24, 2.45) is 5.92 Å². The van der Waals surface area contributed by atoms with Gasteiger partial charge in [0, 0.05) is 51.4 Å². The summed E-state index contributed by atoms with van der Waals surface area (Å²) in [5, 5.41) is 3.04. The van der Waals surface area contributed by atoms with Gasteiger partial charge in [-0.25, -0.2) is 9.97 Å². The number of aromatic nitrogens is 4. The van der Waals surface area contributed by atoms with Crippen molar-refractivity contribution in [1.82, 2.24) is 24.8 Å². The molecule has 28 heavy (non-hydrogen) atoms. The second kappa shape index (κ2) is 9.48. The number of amides is 1. The van der Waals surface area contributed by atoms with Gasteiger partial charge in [0.15, 0.2) is 0 Å². The monoisotopic (exact) mass is 390 g/mol. The second-order valence-electron chi connectivity index (χ2n) is 6.90. The Kier molecular flexibility index (Phi) is 6.78. The third-order valence-corrected chi connectivity index (χ3v) is 5.08. The molecule has 1 amide bonds. The zero-order chi connectivity index (χ0) is 19.9.